The fourth-order valence-corrected chi connectivity index (χ4v) is 2.89. The van der Waals surface area contributed by atoms with E-state index in [1.54, 1.807) is 0 Å². The molecule has 1 fully saturated rings. The second kappa shape index (κ2) is 3.31. The number of carboxylic acid groups (broad SMARTS) is 1. The largest absolute Gasteiger partial charge is 0.481 e. The minimum absolute atomic E-state index is 0.468. The van der Waals surface area contributed by atoms with Gasteiger partial charge in [0, 0.05) is 0 Å². The molecular weight excluding hydrogens is 200 g/mol. The number of carboxylic acids is 1. The van der Waals surface area contributed by atoms with Crippen LogP contribution in [0.25, 0.3) is 0 Å². The van der Waals surface area contributed by atoms with Crippen LogP contribution in [0.1, 0.15) is 31.2 Å². The van der Waals surface area contributed by atoms with Gasteiger partial charge in [0.05, 0.1) is 0 Å². The van der Waals surface area contributed by atoms with E-state index >= 15 is 0 Å². The first-order valence-electron chi connectivity index (χ1n) is 4.66. The number of rotatable bonds is 2. The van der Waals surface area contributed by atoms with Crippen LogP contribution < -0.4 is 0 Å². The van der Waals surface area contributed by atoms with Gasteiger partial charge in [-0.05, 0) is 36.7 Å². The highest BCUT2D eigenvalue weighted by Crippen LogP contribution is 2.44. The van der Waals surface area contributed by atoms with E-state index in [0.717, 1.165) is 6.42 Å². The van der Waals surface area contributed by atoms with E-state index in [-0.39, 0.29) is 0 Å². The van der Waals surface area contributed by atoms with E-state index in [9.17, 15) is 9.90 Å². The molecule has 1 aliphatic carbocycles. The van der Waals surface area contributed by atoms with Crippen molar-refractivity contribution in [2.75, 3.05) is 0 Å². The van der Waals surface area contributed by atoms with Crippen LogP contribution in [0.5, 0.6) is 0 Å². The summed E-state index contributed by atoms with van der Waals surface area (Å²) in [7, 11) is 0. The van der Waals surface area contributed by atoms with Gasteiger partial charge in [-0.2, -0.15) is 4.37 Å². The third-order valence-electron chi connectivity index (χ3n) is 2.94. The van der Waals surface area contributed by atoms with Crippen LogP contribution in [0.2, 0.25) is 0 Å². The van der Waals surface area contributed by atoms with E-state index in [1.807, 2.05) is 0 Å². The topological polar surface area (TPSA) is 63.1 Å². The Kier molecular flexibility index (Phi) is 2.26. The van der Waals surface area contributed by atoms with E-state index in [0.29, 0.717) is 23.8 Å². The third-order valence-corrected chi connectivity index (χ3v) is 3.81. The Hall–Kier alpha value is -0.970. The highest BCUT2D eigenvalue weighted by molar-refractivity contribution is 7.05. The molecule has 0 bridgehead atoms. The molecular formula is C9H12N2O2S. The van der Waals surface area contributed by atoms with E-state index in [2.05, 4.69) is 16.3 Å². The predicted octanol–water partition coefficient (Wildman–Crippen LogP) is 1.68. The number of nitrogens with zero attached hydrogens (tertiary/aromatic N) is 2. The molecule has 4 nitrogen and oxygen atoms in total. The second-order valence-corrected chi connectivity index (χ2v) is 4.76. The highest BCUT2D eigenvalue weighted by Gasteiger charge is 2.48. The lowest BCUT2D eigenvalue weighted by atomic mass is 9.86. The normalized spacial score (nSPS) is 31.9. The fourth-order valence-electron chi connectivity index (χ4n) is 2.16. The maximum Gasteiger partial charge on any atom is 0.316 e. The van der Waals surface area contributed by atoms with Crippen molar-refractivity contribution in [3.8, 4) is 0 Å². The van der Waals surface area contributed by atoms with Gasteiger partial charge in [-0.15, -0.1) is 0 Å². The van der Waals surface area contributed by atoms with Crippen molar-refractivity contribution in [2.24, 2.45) is 5.92 Å². The van der Waals surface area contributed by atoms with Gasteiger partial charge in [0.1, 0.15) is 16.7 Å². The van der Waals surface area contributed by atoms with Crippen molar-refractivity contribution in [3.05, 3.63) is 11.3 Å². The highest BCUT2D eigenvalue weighted by atomic mass is 32.1. The van der Waals surface area contributed by atoms with Crippen molar-refractivity contribution in [2.45, 2.75) is 31.6 Å². The van der Waals surface area contributed by atoms with Crippen LogP contribution in [-0.2, 0) is 10.2 Å². The van der Waals surface area contributed by atoms with Crippen LogP contribution >= 0.6 is 11.5 Å². The molecule has 0 aliphatic heterocycles. The number of carbonyl (C=O) groups is 1. The molecule has 1 saturated carbocycles. The van der Waals surface area contributed by atoms with E-state index < -0.39 is 11.4 Å². The smallest absolute Gasteiger partial charge is 0.316 e. The molecule has 1 aromatic heterocycles. The van der Waals surface area contributed by atoms with Crippen molar-refractivity contribution in [1.29, 1.82) is 0 Å². The molecule has 0 spiro atoms. The fraction of sp³-hybridized carbons (Fsp3) is 0.667. The van der Waals surface area contributed by atoms with Crippen LogP contribution in [0.15, 0.2) is 6.33 Å². The average molecular weight is 212 g/mol. The summed E-state index contributed by atoms with van der Waals surface area (Å²) in [6, 6.07) is 0. The molecule has 0 aromatic carbocycles. The summed E-state index contributed by atoms with van der Waals surface area (Å²) in [6.07, 6.45) is 3.79. The second-order valence-electron chi connectivity index (χ2n) is 3.98. The Morgan fingerprint density at radius 1 is 1.79 bits per heavy atom. The van der Waals surface area contributed by atoms with Crippen molar-refractivity contribution < 1.29 is 9.90 Å². The zero-order chi connectivity index (χ0) is 10.2. The minimum atomic E-state index is -0.751. The molecule has 14 heavy (non-hydrogen) atoms. The maximum atomic E-state index is 11.3. The van der Waals surface area contributed by atoms with Gasteiger partial charge in [-0.1, -0.05) is 6.92 Å². The summed E-state index contributed by atoms with van der Waals surface area (Å²) in [5.41, 5.74) is -0.749. The molecule has 0 saturated heterocycles. The summed E-state index contributed by atoms with van der Waals surface area (Å²) in [6.45, 7) is 2.09. The molecule has 2 atom stereocenters. The van der Waals surface area contributed by atoms with Gasteiger partial charge in [0.25, 0.3) is 0 Å². The van der Waals surface area contributed by atoms with E-state index in [4.69, 9.17) is 0 Å². The monoisotopic (exact) mass is 212 g/mol. The van der Waals surface area contributed by atoms with Gasteiger partial charge in [0.2, 0.25) is 0 Å². The van der Waals surface area contributed by atoms with Gasteiger partial charge in [0.15, 0.2) is 0 Å². The molecule has 0 amide bonds. The van der Waals surface area contributed by atoms with Gasteiger partial charge < -0.3 is 5.11 Å². The first-order valence-corrected chi connectivity index (χ1v) is 5.43. The first kappa shape index (κ1) is 9.58. The number of aromatic nitrogens is 2. The van der Waals surface area contributed by atoms with Crippen LogP contribution in [0.4, 0.5) is 0 Å². The molecule has 76 valence electrons. The van der Waals surface area contributed by atoms with Crippen molar-refractivity contribution in [3.63, 3.8) is 0 Å². The zero-order valence-electron chi connectivity index (χ0n) is 7.93. The minimum Gasteiger partial charge on any atom is -0.481 e. The maximum absolute atomic E-state index is 11.3. The molecule has 1 heterocycles. The van der Waals surface area contributed by atoms with E-state index in [1.165, 1.54) is 17.9 Å². The van der Waals surface area contributed by atoms with Gasteiger partial charge in [-0.3, -0.25) is 4.79 Å². The standard InChI is InChI=1S/C9H12N2O2S/c1-6-2-3-9(4-6,8(12)13)7-10-5-11-14-7/h5-6H,2-4H2,1H3,(H,12,13). The summed E-state index contributed by atoms with van der Waals surface area (Å²) in [5.74, 6) is -0.284. The Labute approximate surface area is 86.2 Å². The van der Waals surface area contributed by atoms with Crippen molar-refractivity contribution in [1.82, 2.24) is 9.36 Å². The molecule has 2 unspecified atom stereocenters. The Bertz CT molecular complexity index is 339. The Balaban J connectivity index is 2.38. The lowest BCUT2D eigenvalue weighted by Crippen LogP contribution is -2.32. The zero-order valence-corrected chi connectivity index (χ0v) is 8.75. The van der Waals surface area contributed by atoms with Gasteiger partial charge in [-0.25, -0.2) is 4.98 Å². The summed E-state index contributed by atoms with van der Waals surface area (Å²) < 4.78 is 3.89. The first-order chi connectivity index (χ1) is 6.65. The Morgan fingerprint density at radius 2 is 2.57 bits per heavy atom. The molecule has 0 radical (unpaired) electrons. The van der Waals surface area contributed by atoms with Crippen LogP contribution in [-0.4, -0.2) is 20.4 Å². The SMILES string of the molecule is CC1CCC(C(=O)O)(c2ncns2)C1. The lowest BCUT2D eigenvalue weighted by Gasteiger charge is -2.20. The quantitative estimate of drug-likeness (QED) is 0.810. The number of hydrogen-bond donors (Lipinski definition) is 1. The molecule has 5 heteroatoms. The lowest BCUT2D eigenvalue weighted by molar-refractivity contribution is -0.143. The molecule has 1 aliphatic rings. The Morgan fingerprint density at radius 3 is 3.00 bits per heavy atom. The number of aliphatic carboxylic acids is 1. The third kappa shape index (κ3) is 1.32. The van der Waals surface area contributed by atoms with Gasteiger partial charge >= 0.3 is 5.97 Å². The molecule has 1 aromatic rings. The van der Waals surface area contributed by atoms with Crippen LogP contribution in [0, 0.1) is 5.92 Å². The summed E-state index contributed by atoms with van der Waals surface area (Å²) >= 11 is 1.21. The van der Waals surface area contributed by atoms with Crippen LogP contribution in [0.3, 0.4) is 0 Å². The number of hydrogen-bond acceptors (Lipinski definition) is 4. The average Bonchev–Trinajstić information content (AvgIpc) is 2.71. The summed E-state index contributed by atoms with van der Waals surface area (Å²) in [5, 5.41) is 9.95. The van der Waals surface area contributed by atoms with Crippen molar-refractivity contribution >= 4 is 17.5 Å². The summed E-state index contributed by atoms with van der Waals surface area (Å²) in [4.78, 5) is 15.4. The molecule has 1 N–H and O–H groups in total. The molecule has 2 rings (SSSR count). The predicted molar refractivity (Wildman–Crippen MR) is 52.2 cm³/mol.